The Bertz CT molecular complexity index is 645. The van der Waals surface area contributed by atoms with Gasteiger partial charge in [-0.3, -0.25) is 4.79 Å². The van der Waals surface area contributed by atoms with Crippen LogP contribution in [0.3, 0.4) is 0 Å². The molecular formula is C20H35NO4S2. The summed E-state index contributed by atoms with van der Waals surface area (Å²) in [6.07, 6.45) is 12.0. The summed E-state index contributed by atoms with van der Waals surface area (Å²) < 4.78 is 29.6. The number of nitrogens with one attached hydrogen (secondary N) is 1. The van der Waals surface area contributed by atoms with E-state index in [1.165, 1.54) is 35.6 Å². The van der Waals surface area contributed by atoms with Crippen LogP contribution in [-0.4, -0.2) is 45.3 Å². The number of carbonyl (C=O) groups is 1. The van der Waals surface area contributed by atoms with Crippen LogP contribution in [0.5, 0.6) is 0 Å². The number of esters is 1. The summed E-state index contributed by atoms with van der Waals surface area (Å²) in [4.78, 5) is 11.6. The van der Waals surface area contributed by atoms with Crippen LogP contribution in [0.4, 0.5) is 0 Å². The van der Waals surface area contributed by atoms with Crippen LogP contribution in [0.1, 0.15) is 53.4 Å². The average Bonchev–Trinajstić information content (AvgIpc) is 2.55. The second-order valence-electron chi connectivity index (χ2n) is 6.96. The van der Waals surface area contributed by atoms with E-state index >= 15 is 0 Å². The summed E-state index contributed by atoms with van der Waals surface area (Å²) in [6, 6.07) is -0.852. The number of hydrogen-bond donors (Lipinski definition) is 1. The molecule has 0 aliphatic heterocycles. The average molecular weight is 421 g/mol. The number of sulfonamides is 1. The van der Waals surface area contributed by atoms with E-state index in [1.807, 2.05) is 0 Å². The van der Waals surface area contributed by atoms with Gasteiger partial charge in [0.25, 0.3) is 0 Å². The smallest absolute Gasteiger partial charge is 0.324 e. The molecule has 0 aromatic rings. The normalized spacial score (nSPS) is 14.0. The highest BCUT2D eigenvalue weighted by molar-refractivity contribution is 7.99. The molecule has 156 valence electrons. The number of thioether (sulfide) groups is 1. The van der Waals surface area contributed by atoms with Crippen molar-refractivity contribution < 1.29 is 17.9 Å². The van der Waals surface area contributed by atoms with E-state index in [-0.39, 0.29) is 0 Å². The van der Waals surface area contributed by atoms with Crippen molar-refractivity contribution in [1.82, 2.24) is 4.72 Å². The fraction of sp³-hybridized carbons (Fsp3) is 0.650. The molecule has 7 heteroatoms. The zero-order valence-corrected chi connectivity index (χ0v) is 19.1. The molecule has 0 aromatic carbocycles. The van der Waals surface area contributed by atoms with Gasteiger partial charge >= 0.3 is 5.97 Å². The Morgan fingerprint density at radius 1 is 1.04 bits per heavy atom. The molecule has 0 saturated carbocycles. The first-order chi connectivity index (χ1) is 12.5. The number of allylic oxidation sites excluding steroid dienone is 5. The van der Waals surface area contributed by atoms with Crippen LogP contribution in [0, 0.1) is 0 Å². The van der Waals surface area contributed by atoms with Gasteiger partial charge in [-0.25, -0.2) is 13.1 Å². The van der Waals surface area contributed by atoms with Crippen molar-refractivity contribution in [2.45, 2.75) is 59.4 Å². The molecule has 0 aromatic heterocycles. The van der Waals surface area contributed by atoms with E-state index in [1.54, 1.807) is 0 Å². The number of hydrogen-bond acceptors (Lipinski definition) is 5. The van der Waals surface area contributed by atoms with Crippen LogP contribution in [-0.2, 0) is 19.6 Å². The summed E-state index contributed by atoms with van der Waals surface area (Å²) >= 11 is 1.50. The molecule has 0 aliphatic rings. The van der Waals surface area contributed by atoms with Crippen molar-refractivity contribution in [3.63, 3.8) is 0 Å². The number of methoxy groups -OCH3 is 1. The summed E-state index contributed by atoms with van der Waals surface area (Å²) in [7, 11) is -2.20. The standard InChI is InChI=1S/C20H35NO4S2/c1-16(2)9-7-10-17(3)11-8-12-18(4)13-14-26-15-19(20(22)25-5)21-27(6,23)24/h9,11,13,19,21H,7-8,10,12,14-15H2,1-6H3/b17-11+,18-13+/t19-/m0/s1/i27+3. The summed E-state index contributed by atoms with van der Waals surface area (Å²) in [5.74, 6) is 0.503. The maximum Gasteiger partial charge on any atom is 0.324 e. The highest BCUT2D eigenvalue weighted by Gasteiger charge is 2.22. The highest BCUT2D eigenvalue weighted by Crippen LogP contribution is 2.13. The summed E-state index contributed by atoms with van der Waals surface area (Å²) in [5.41, 5.74) is 4.07. The Labute approximate surface area is 169 Å². The minimum atomic E-state index is -3.45. The molecule has 5 nitrogen and oxygen atoms in total. The molecule has 1 N–H and O–H groups in total. The third-order valence-corrected chi connectivity index (χ3v) is 5.48. The fourth-order valence-corrected chi connectivity index (χ4v) is 4.07. The molecule has 0 bridgehead atoms. The van der Waals surface area contributed by atoms with Gasteiger partial charge < -0.3 is 4.74 Å². The first-order valence-electron chi connectivity index (χ1n) is 9.12. The zero-order valence-electron chi connectivity index (χ0n) is 17.5. The molecule has 0 radical (unpaired) electrons. The van der Waals surface area contributed by atoms with Crippen molar-refractivity contribution in [3.05, 3.63) is 34.9 Å². The SMILES string of the molecule is COC(=O)[C@H](CSC/C=C(\C)CC/C=C(\C)CCC=C(C)C)N[35S](C)(=O)=O. The lowest BCUT2D eigenvalue weighted by Gasteiger charge is -2.14. The van der Waals surface area contributed by atoms with Crippen LogP contribution >= 0.6 is 11.8 Å². The number of ether oxygens (including phenoxy) is 1. The number of carbonyl (C=O) groups excluding carboxylic acids is 1. The molecule has 27 heavy (non-hydrogen) atoms. The van der Waals surface area contributed by atoms with Gasteiger partial charge in [0.05, 0.1) is 13.4 Å². The fourth-order valence-electron chi connectivity index (χ4n) is 2.28. The minimum absolute atomic E-state index is 0.340. The van der Waals surface area contributed by atoms with Gasteiger partial charge in [0.15, 0.2) is 0 Å². The molecule has 0 aliphatic carbocycles. The molecule has 1 atom stereocenters. The van der Waals surface area contributed by atoms with E-state index in [0.29, 0.717) is 5.75 Å². The van der Waals surface area contributed by atoms with Gasteiger partial charge in [0.1, 0.15) is 6.04 Å². The van der Waals surface area contributed by atoms with E-state index in [0.717, 1.165) is 37.7 Å². The lowest BCUT2D eigenvalue weighted by Crippen LogP contribution is -2.42. The first kappa shape index (κ1) is 26.0. The zero-order chi connectivity index (χ0) is 20.9. The van der Waals surface area contributed by atoms with Gasteiger partial charge in [-0.15, -0.1) is 0 Å². The van der Waals surface area contributed by atoms with Gasteiger partial charge in [-0.1, -0.05) is 34.9 Å². The van der Waals surface area contributed by atoms with Gasteiger partial charge in [-0.05, 0) is 53.4 Å². The van der Waals surface area contributed by atoms with Gasteiger partial charge in [0.2, 0.25) is 10.0 Å². The van der Waals surface area contributed by atoms with E-state index < -0.39 is 22.0 Å². The monoisotopic (exact) mass is 420 g/mol. The van der Waals surface area contributed by atoms with E-state index in [4.69, 9.17) is 0 Å². The molecule has 0 fully saturated rings. The minimum Gasteiger partial charge on any atom is -0.468 e. The molecular weight excluding hydrogens is 385 g/mol. The van der Waals surface area contributed by atoms with Crippen molar-refractivity contribution in [1.29, 1.82) is 0 Å². The van der Waals surface area contributed by atoms with Crippen LogP contribution in [0.15, 0.2) is 34.9 Å². The number of rotatable bonds is 13. The Morgan fingerprint density at radius 3 is 2.11 bits per heavy atom. The maximum atomic E-state index is 11.6. The predicted molar refractivity (Wildman–Crippen MR) is 117 cm³/mol. The van der Waals surface area contributed by atoms with Crippen LogP contribution in [0.25, 0.3) is 0 Å². The molecule has 0 heterocycles. The largest absolute Gasteiger partial charge is 0.468 e. The molecule has 0 unspecified atom stereocenters. The highest BCUT2D eigenvalue weighted by atomic mass is 35.1. The quantitative estimate of drug-likeness (QED) is 0.274. The van der Waals surface area contributed by atoms with E-state index in [9.17, 15) is 13.2 Å². The Kier molecular flexibility index (Phi) is 13.5. The third-order valence-electron chi connectivity index (χ3n) is 3.80. The lowest BCUT2D eigenvalue weighted by atomic mass is 10.1. The van der Waals surface area contributed by atoms with Crippen LogP contribution < -0.4 is 4.72 Å². The molecule has 0 amide bonds. The van der Waals surface area contributed by atoms with Crippen molar-refractivity contribution in [3.8, 4) is 0 Å². The first-order valence-corrected chi connectivity index (χ1v) is 12.2. The Morgan fingerprint density at radius 2 is 1.59 bits per heavy atom. The topological polar surface area (TPSA) is 72.5 Å². The predicted octanol–water partition coefficient (Wildman–Crippen LogP) is 4.23. The van der Waals surface area contributed by atoms with Crippen LogP contribution in [0.2, 0.25) is 0 Å². The van der Waals surface area contributed by atoms with Crippen molar-refractivity contribution in [2.75, 3.05) is 24.9 Å². The summed E-state index contributed by atoms with van der Waals surface area (Å²) in [6.45, 7) is 8.51. The Balaban J connectivity index is 4.26. The summed E-state index contributed by atoms with van der Waals surface area (Å²) in [5, 5.41) is 0. The van der Waals surface area contributed by atoms with Crippen molar-refractivity contribution >= 4 is 27.8 Å². The third kappa shape index (κ3) is 15.7. The second-order valence-corrected chi connectivity index (χ2v) is 9.82. The molecule has 0 spiro atoms. The molecule has 0 saturated heterocycles. The van der Waals surface area contributed by atoms with E-state index in [2.05, 4.69) is 55.4 Å². The van der Waals surface area contributed by atoms with Gasteiger partial charge in [-0.2, -0.15) is 11.8 Å². The maximum absolute atomic E-state index is 11.6. The second kappa shape index (κ2) is 14.0. The van der Waals surface area contributed by atoms with Gasteiger partial charge in [0, 0.05) is 11.5 Å². The Hall–Kier alpha value is -1.05. The lowest BCUT2D eigenvalue weighted by molar-refractivity contribution is -0.141. The van der Waals surface area contributed by atoms with Crippen molar-refractivity contribution in [2.24, 2.45) is 0 Å². The molecule has 0 rings (SSSR count).